The van der Waals surface area contributed by atoms with E-state index in [4.69, 9.17) is 14.2 Å². The van der Waals surface area contributed by atoms with Crippen molar-refractivity contribution in [2.75, 3.05) is 19.0 Å². The average molecular weight is 423 g/mol. The summed E-state index contributed by atoms with van der Waals surface area (Å²) in [5.74, 6) is 0.224. The van der Waals surface area contributed by atoms with Gasteiger partial charge in [-0.15, -0.1) is 11.3 Å². The Hall–Kier alpha value is -3.32. The molecule has 2 aromatic carbocycles. The van der Waals surface area contributed by atoms with Crippen LogP contribution in [0.5, 0.6) is 11.5 Å². The summed E-state index contributed by atoms with van der Waals surface area (Å²) in [5, 5.41) is 5.08. The van der Waals surface area contributed by atoms with Crippen LogP contribution in [-0.4, -0.2) is 31.7 Å². The quantitative estimate of drug-likeness (QED) is 0.610. The molecule has 2 heterocycles. The fraction of sp³-hybridized carbons (Fsp3) is 0.217. The van der Waals surface area contributed by atoms with Gasteiger partial charge in [-0.25, -0.2) is 4.79 Å². The number of thiophene rings is 1. The van der Waals surface area contributed by atoms with Crippen molar-refractivity contribution in [1.29, 1.82) is 0 Å². The summed E-state index contributed by atoms with van der Waals surface area (Å²) in [6, 6.07) is 15.2. The third kappa shape index (κ3) is 3.89. The molecule has 6 nitrogen and oxygen atoms in total. The Morgan fingerprint density at radius 2 is 1.87 bits per heavy atom. The van der Waals surface area contributed by atoms with E-state index < -0.39 is 12.1 Å². The van der Waals surface area contributed by atoms with Crippen molar-refractivity contribution in [3.8, 4) is 22.6 Å². The van der Waals surface area contributed by atoms with E-state index in [2.05, 4.69) is 12.2 Å². The number of anilines is 1. The minimum absolute atomic E-state index is 0.0904. The van der Waals surface area contributed by atoms with E-state index in [0.29, 0.717) is 22.1 Å². The number of ether oxygens (including phenoxy) is 3. The molecule has 1 aromatic heterocycles. The van der Waals surface area contributed by atoms with E-state index in [9.17, 15) is 9.59 Å². The summed E-state index contributed by atoms with van der Waals surface area (Å²) in [5.41, 5.74) is 3.14. The lowest BCUT2D eigenvalue weighted by Gasteiger charge is -2.25. The molecule has 1 aliphatic heterocycles. The number of hydrogen-bond donors (Lipinski definition) is 1. The van der Waals surface area contributed by atoms with Gasteiger partial charge in [-0.2, -0.15) is 0 Å². The molecule has 0 radical (unpaired) electrons. The van der Waals surface area contributed by atoms with Crippen LogP contribution in [0.1, 0.15) is 22.8 Å². The molecule has 0 bridgehead atoms. The van der Waals surface area contributed by atoms with Crippen molar-refractivity contribution in [3.05, 3.63) is 65.0 Å². The smallest absolute Gasteiger partial charge is 0.341 e. The summed E-state index contributed by atoms with van der Waals surface area (Å²) in [6.45, 7) is 2.18. The fourth-order valence-corrected chi connectivity index (χ4v) is 4.19. The SMILES string of the molecule is CCc1ccc(-c2csc(NC(=O)C3COc4ccccc4O3)c2C(=O)OC)cc1. The number of carbonyl (C=O) groups is 2. The van der Waals surface area contributed by atoms with Gasteiger partial charge in [-0.1, -0.05) is 43.3 Å². The highest BCUT2D eigenvalue weighted by atomic mass is 32.1. The summed E-state index contributed by atoms with van der Waals surface area (Å²) in [7, 11) is 1.32. The Balaban J connectivity index is 1.59. The number of fused-ring (bicyclic) bond motifs is 1. The zero-order chi connectivity index (χ0) is 21.1. The lowest BCUT2D eigenvalue weighted by atomic mass is 10.0. The van der Waals surface area contributed by atoms with Gasteiger partial charge >= 0.3 is 5.97 Å². The van der Waals surface area contributed by atoms with Crippen molar-refractivity contribution in [2.24, 2.45) is 0 Å². The van der Waals surface area contributed by atoms with Crippen molar-refractivity contribution in [2.45, 2.75) is 19.4 Å². The highest BCUT2D eigenvalue weighted by Crippen LogP contribution is 2.37. The number of para-hydroxylation sites is 2. The number of benzene rings is 2. The van der Waals surface area contributed by atoms with Gasteiger partial charge in [0.05, 0.1) is 7.11 Å². The monoisotopic (exact) mass is 423 g/mol. The molecule has 3 aromatic rings. The summed E-state index contributed by atoms with van der Waals surface area (Å²) in [6.07, 6.45) is 0.113. The first-order valence-electron chi connectivity index (χ1n) is 9.59. The molecule has 1 atom stereocenters. The number of methoxy groups -OCH3 is 1. The average Bonchev–Trinajstić information content (AvgIpc) is 3.21. The predicted octanol–water partition coefficient (Wildman–Crippen LogP) is 4.54. The largest absolute Gasteiger partial charge is 0.485 e. The van der Waals surface area contributed by atoms with E-state index >= 15 is 0 Å². The van der Waals surface area contributed by atoms with Gasteiger partial charge in [0.2, 0.25) is 6.10 Å². The van der Waals surface area contributed by atoms with Crippen LogP contribution < -0.4 is 14.8 Å². The molecule has 0 fully saturated rings. The van der Waals surface area contributed by atoms with Gasteiger partial charge in [-0.05, 0) is 29.7 Å². The van der Waals surface area contributed by atoms with Crippen LogP contribution >= 0.6 is 11.3 Å². The molecule has 1 N–H and O–H groups in total. The second kappa shape index (κ2) is 8.59. The van der Waals surface area contributed by atoms with Crippen LogP contribution in [0, 0.1) is 0 Å². The first-order chi connectivity index (χ1) is 14.6. The predicted molar refractivity (Wildman–Crippen MR) is 115 cm³/mol. The molecule has 0 saturated carbocycles. The van der Waals surface area contributed by atoms with Crippen LogP contribution in [0.3, 0.4) is 0 Å². The summed E-state index contributed by atoms with van der Waals surface area (Å²) < 4.78 is 16.4. The van der Waals surface area contributed by atoms with Gasteiger partial charge < -0.3 is 19.5 Å². The molecule has 4 rings (SSSR count). The zero-order valence-electron chi connectivity index (χ0n) is 16.6. The molecule has 0 aliphatic carbocycles. The van der Waals surface area contributed by atoms with Gasteiger partial charge in [0.25, 0.3) is 5.91 Å². The fourth-order valence-electron chi connectivity index (χ4n) is 3.23. The summed E-state index contributed by atoms with van der Waals surface area (Å²) >= 11 is 1.27. The third-order valence-corrected chi connectivity index (χ3v) is 5.79. The molecule has 154 valence electrons. The van der Waals surface area contributed by atoms with Crippen molar-refractivity contribution in [1.82, 2.24) is 0 Å². The molecular formula is C23H21NO5S. The molecule has 30 heavy (non-hydrogen) atoms. The number of aryl methyl sites for hydroxylation is 1. The lowest BCUT2D eigenvalue weighted by Crippen LogP contribution is -2.40. The second-order valence-corrected chi connectivity index (χ2v) is 7.63. The van der Waals surface area contributed by atoms with E-state index in [-0.39, 0.29) is 12.5 Å². The number of esters is 1. The standard InChI is InChI=1S/C23H21NO5S/c1-3-14-8-10-15(11-9-14)16-13-30-22(20(16)23(26)27-2)24-21(25)19-12-28-17-6-4-5-7-18(17)29-19/h4-11,13,19H,3,12H2,1-2H3,(H,24,25). The molecule has 1 aliphatic rings. The molecular weight excluding hydrogens is 402 g/mol. The molecule has 7 heteroatoms. The van der Waals surface area contributed by atoms with E-state index in [1.807, 2.05) is 41.8 Å². The first-order valence-corrected chi connectivity index (χ1v) is 10.5. The second-order valence-electron chi connectivity index (χ2n) is 6.75. The van der Waals surface area contributed by atoms with Crippen molar-refractivity contribution >= 4 is 28.2 Å². The van der Waals surface area contributed by atoms with E-state index in [1.54, 1.807) is 12.1 Å². The van der Waals surface area contributed by atoms with Crippen LogP contribution in [0.25, 0.3) is 11.1 Å². The topological polar surface area (TPSA) is 73.9 Å². The van der Waals surface area contributed by atoms with E-state index in [0.717, 1.165) is 17.5 Å². The van der Waals surface area contributed by atoms with Crippen LogP contribution in [0.15, 0.2) is 53.9 Å². The molecule has 1 unspecified atom stereocenters. The van der Waals surface area contributed by atoms with Crippen LogP contribution in [-0.2, 0) is 16.0 Å². The Bertz CT molecular complexity index is 1070. The number of hydrogen-bond acceptors (Lipinski definition) is 6. The maximum atomic E-state index is 12.8. The Morgan fingerprint density at radius 3 is 2.57 bits per heavy atom. The van der Waals surface area contributed by atoms with Crippen molar-refractivity contribution in [3.63, 3.8) is 0 Å². The third-order valence-electron chi connectivity index (χ3n) is 4.89. The van der Waals surface area contributed by atoms with Gasteiger partial charge in [0.15, 0.2) is 11.5 Å². The van der Waals surface area contributed by atoms with Crippen LogP contribution in [0.4, 0.5) is 5.00 Å². The highest BCUT2D eigenvalue weighted by Gasteiger charge is 2.30. The molecule has 0 spiro atoms. The lowest BCUT2D eigenvalue weighted by molar-refractivity contribution is -0.125. The van der Waals surface area contributed by atoms with Gasteiger partial charge in [0.1, 0.15) is 17.2 Å². The normalized spacial score (nSPS) is 14.8. The number of nitrogens with one attached hydrogen (secondary N) is 1. The minimum atomic E-state index is -0.820. The van der Waals surface area contributed by atoms with E-state index in [1.165, 1.54) is 24.0 Å². The highest BCUT2D eigenvalue weighted by molar-refractivity contribution is 7.15. The van der Waals surface area contributed by atoms with Crippen LogP contribution in [0.2, 0.25) is 0 Å². The van der Waals surface area contributed by atoms with Gasteiger partial charge in [-0.3, -0.25) is 4.79 Å². The number of amides is 1. The maximum absolute atomic E-state index is 12.8. The van der Waals surface area contributed by atoms with Crippen molar-refractivity contribution < 1.29 is 23.8 Å². The molecule has 0 saturated heterocycles. The number of carbonyl (C=O) groups excluding carboxylic acids is 2. The Kier molecular flexibility index (Phi) is 5.72. The first kappa shape index (κ1) is 20.0. The Morgan fingerprint density at radius 1 is 1.13 bits per heavy atom. The van der Waals surface area contributed by atoms with Gasteiger partial charge in [0, 0.05) is 10.9 Å². The minimum Gasteiger partial charge on any atom is -0.485 e. The zero-order valence-corrected chi connectivity index (χ0v) is 17.5. The maximum Gasteiger partial charge on any atom is 0.341 e. The Labute approximate surface area is 178 Å². The number of rotatable bonds is 5. The summed E-state index contributed by atoms with van der Waals surface area (Å²) in [4.78, 5) is 25.3. The molecule has 1 amide bonds.